The summed E-state index contributed by atoms with van der Waals surface area (Å²) in [6, 6.07) is 6.81. The van der Waals surface area contributed by atoms with E-state index in [1.165, 1.54) is 36.0 Å². The van der Waals surface area contributed by atoms with E-state index in [2.05, 4.69) is 32.0 Å². The maximum atomic E-state index is 6.45. The first-order chi connectivity index (χ1) is 7.66. The van der Waals surface area contributed by atoms with Crippen molar-refractivity contribution in [1.29, 1.82) is 0 Å². The van der Waals surface area contributed by atoms with Crippen molar-refractivity contribution in [2.45, 2.75) is 39.2 Å². The minimum atomic E-state index is 0.271. The van der Waals surface area contributed by atoms with Crippen LogP contribution in [0.15, 0.2) is 18.2 Å². The molecule has 2 aliphatic rings. The Hall–Kier alpha value is -0.820. The zero-order valence-corrected chi connectivity index (χ0v) is 10.2. The average molecular weight is 215 g/mol. The molecule has 0 heterocycles. The van der Waals surface area contributed by atoms with Gasteiger partial charge in [-0.2, -0.15) is 0 Å². The van der Waals surface area contributed by atoms with Gasteiger partial charge in [-0.1, -0.05) is 18.2 Å². The van der Waals surface area contributed by atoms with Crippen molar-refractivity contribution in [2.75, 3.05) is 0 Å². The van der Waals surface area contributed by atoms with Gasteiger partial charge in [0.2, 0.25) is 0 Å². The van der Waals surface area contributed by atoms with Crippen LogP contribution < -0.4 is 5.73 Å². The lowest BCUT2D eigenvalue weighted by Gasteiger charge is -2.23. The maximum Gasteiger partial charge on any atom is 0.0326 e. The fourth-order valence-electron chi connectivity index (χ4n) is 3.44. The summed E-state index contributed by atoms with van der Waals surface area (Å²) < 4.78 is 0. The van der Waals surface area contributed by atoms with E-state index in [-0.39, 0.29) is 6.04 Å². The second-order valence-electron chi connectivity index (χ2n) is 5.80. The molecule has 2 N–H and O–H groups in total. The molecule has 2 fully saturated rings. The van der Waals surface area contributed by atoms with E-state index < -0.39 is 0 Å². The van der Waals surface area contributed by atoms with E-state index in [4.69, 9.17) is 5.73 Å². The molecule has 0 amide bonds. The highest BCUT2D eigenvalue weighted by molar-refractivity contribution is 5.35. The quantitative estimate of drug-likeness (QED) is 0.804. The first-order valence-electron chi connectivity index (χ1n) is 6.48. The third-order valence-corrected chi connectivity index (χ3v) is 4.79. The van der Waals surface area contributed by atoms with Crippen molar-refractivity contribution < 1.29 is 0 Å². The number of aryl methyl sites for hydroxylation is 1. The Labute approximate surface area is 98.0 Å². The normalized spacial score (nSPS) is 33.6. The molecule has 1 heteroatoms. The van der Waals surface area contributed by atoms with E-state index in [9.17, 15) is 0 Å². The molecule has 0 aromatic heterocycles. The summed E-state index contributed by atoms with van der Waals surface area (Å²) >= 11 is 0. The van der Waals surface area contributed by atoms with Gasteiger partial charge in [-0.25, -0.2) is 0 Å². The molecule has 0 aliphatic heterocycles. The van der Waals surface area contributed by atoms with Crippen LogP contribution in [0.4, 0.5) is 0 Å². The maximum absolute atomic E-state index is 6.45. The fraction of sp³-hybridized carbons (Fsp3) is 0.600. The Kier molecular flexibility index (Phi) is 2.32. The number of benzene rings is 1. The molecule has 3 unspecified atom stereocenters. The van der Waals surface area contributed by atoms with Crippen molar-refractivity contribution in [3.63, 3.8) is 0 Å². The molecular weight excluding hydrogens is 194 g/mol. The lowest BCUT2D eigenvalue weighted by atomic mass is 9.87. The standard InChI is InChI=1S/C15H21N/c1-9-4-3-5-14(10(9)2)15(16)13-7-11-6-12(11)8-13/h3-5,11-13,15H,6-8,16H2,1-2H3. The van der Waals surface area contributed by atoms with E-state index in [0.29, 0.717) is 0 Å². The summed E-state index contributed by atoms with van der Waals surface area (Å²) in [7, 11) is 0. The number of fused-ring (bicyclic) bond motifs is 1. The third kappa shape index (κ3) is 1.58. The minimum absolute atomic E-state index is 0.271. The smallest absolute Gasteiger partial charge is 0.0326 e. The monoisotopic (exact) mass is 215 g/mol. The Morgan fingerprint density at radius 3 is 2.50 bits per heavy atom. The molecule has 0 saturated heterocycles. The van der Waals surface area contributed by atoms with E-state index in [1.54, 1.807) is 0 Å². The van der Waals surface area contributed by atoms with Crippen molar-refractivity contribution in [1.82, 2.24) is 0 Å². The Morgan fingerprint density at radius 1 is 1.12 bits per heavy atom. The summed E-state index contributed by atoms with van der Waals surface area (Å²) in [6.07, 6.45) is 4.23. The van der Waals surface area contributed by atoms with Gasteiger partial charge in [0.25, 0.3) is 0 Å². The zero-order chi connectivity index (χ0) is 11.3. The summed E-state index contributed by atoms with van der Waals surface area (Å²) in [5.41, 5.74) is 10.6. The molecule has 0 radical (unpaired) electrons. The average Bonchev–Trinajstić information content (AvgIpc) is 2.89. The summed E-state index contributed by atoms with van der Waals surface area (Å²) in [5, 5.41) is 0. The van der Waals surface area contributed by atoms with Crippen LogP contribution in [0.3, 0.4) is 0 Å². The highest BCUT2D eigenvalue weighted by atomic mass is 14.7. The number of hydrogen-bond acceptors (Lipinski definition) is 1. The molecule has 1 aromatic rings. The predicted octanol–water partition coefficient (Wildman–Crippen LogP) is 3.35. The van der Waals surface area contributed by atoms with Crippen molar-refractivity contribution >= 4 is 0 Å². The molecule has 1 nitrogen and oxygen atoms in total. The molecule has 86 valence electrons. The molecule has 2 aliphatic carbocycles. The Balaban J connectivity index is 1.83. The van der Waals surface area contributed by atoms with Crippen molar-refractivity contribution in [3.05, 3.63) is 34.9 Å². The van der Waals surface area contributed by atoms with Crippen LogP contribution in [0.5, 0.6) is 0 Å². The molecule has 3 atom stereocenters. The molecular formula is C15H21N. The van der Waals surface area contributed by atoms with Gasteiger partial charge < -0.3 is 5.73 Å². The second kappa shape index (κ2) is 3.59. The summed E-state index contributed by atoms with van der Waals surface area (Å²) in [5.74, 6) is 2.80. The van der Waals surface area contributed by atoms with Gasteiger partial charge in [0, 0.05) is 6.04 Å². The van der Waals surface area contributed by atoms with E-state index in [1.807, 2.05) is 0 Å². The SMILES string of the molecule is Cc1cccc(C(N)C2CC3CC3C2)c1C. The van der Waals surface area contributed by atoms with Crippen molar-refractivity contribution in [2.24, 2.45) is 23.5 Å². The van der Waals surface area contributed by atoms with Crippen LogP contribution in [0, 0.1) is 31.6 Å². The van der Waals surface area contributed by atoms with Gasteiger partial charge in [-0.05, 0) is 67.6 Å². The molecule has 3 rings (SSSR count). The Bertz CT molecular complexity index is 400. The van der Waals surface area contributed by atoms with Crippen LogP contribution in [0.25, 0.3) is 0 Å². The Morgan fingerprint density at radius 2 is 1.81 bits per heavy atom. The van der Waals surface area contributed by atoms with Crippen LogP contribution in [-0.4, -0.2) is 0 Å². The van der Waals surface area contributed by atoms with E-state index >= 15 is 0 Å². The predicted molar refractivity (Wildman–Crippen MR) is 67.2 cm³/mol. The number of rotatable bonds is 2. The fourth-order valence-corrected chi connectivity index (χ4v) is 3.44. The molecule has 16 heavy (non-hydrogen) atoms. The van der Waals surface area contributed by atoms with Gasteiger partial charge in [-0.3, -0.25) is 0 Å². The first kappa shape index (κ1) is 10.3. The van der Waals surface area contributed by atoms with Crippen molar-refractivity contribution in [3.8, 4) is 0 Å². The number of nitrogens with two attached hydrogens (primary N) is 1. The van der Waals surface area contributed by atoms with Gasteiger partial charge in [0.15, 0.2) is 0 Å². The molecule has 0 bridgehead atoms. The lowest BCUT2D eigenvalue weighted by molar-refractivity contribution is 0.403. The minimum Gasteiger partial charge on any atom is -0.324 e. The van der Waals surface area contributed by atoms with Gasteiger partial charge in [0.05, 0.1) is 0 Å². The summed E-state index contributed by atoms with van der Waals surface area (Å²) in [6.45, 7) is 4.39. The first-order valence-corrected chi connectivity index (χ1v) is 6.48. The molecule has 0 spiro atoms. The van der Waals surface area contributed by atoms with Crippen LogP contribution >= 0.6 is 0 Å². The summed E-state index contributed by atoms with van der Waals surface area (Å²) in [4.78, 5) is 0. The highest BCUT2D eigenvalue weighted by Crippen LogP contribution is 2.56. The molecule has 1 aromatic carbocycles. The zero-order valence-electron chi connectivity index (χ0n) is 10.2. The van der Waals surface area contributed by atoms with Crippen LogP contribution in [-0.2, 0) is 0 Å². The van der Waals surface area contributed by atoms with Gasteiger partial charge in [0.1, 0.15) is 0 Å². The van der Waals surface area contributed by atoms with Gasteiger partial charge in [-0.15, -0.1) is 0 Å². The topological polar surface area (TPSA) is 26.0 Å². The van der Waals surface area contributed by atoms with E-state index in [0.717, 1.165) is 17.8 Å². The van der Waals surface area contributed by atoms with Crippen LogP contribution in [0.1, 0.15) is 42.0 Å². The number of hydrogen-bond donors (Lipinski definition) is 1. The largest absolute Gasteiger partial charge is 0.324 e. The highest BCUT2D eigenvalue weighted by Gasteiger charge is 2.47. The van der Waals surface area contributed by atoms with Gasteiger partial charge >= 0.3 is 0 Å². The van der Waals surface area contributed by atoms with Crippen LogP contribution in [0.2, 0.25) is 0 Å². The molecule has 2 saturated carbocycles. The second-order valence-corrected chi connectivity index (χ2v) is 5.80. The third-order valence-electron chi connectivity index (χ3n) is 4.79. The lowest BCUT2D eigenvalue weighted by Crippen LogP contribution is -2.21.